The smallest absolute Gasteiger partial charge is 0.426 e. The van der Waals surface area contributed by atoms with Gasteiger partial charge in [0.15, 0.2) is 0 Å². The molecule has 230 valence electrons. The standard InChI is InChI=1S/C28H32F5N3O5S/c1-3-5-7-20(4-2)21-10-14-36(15-11-21)42(40)19-26(25(38)34-39)12-16-35(17-13-26)24(37)22-8-6-9-23(18-22)41-28(32,33)27(29,30)31/h3-10,18,39H,1,11-17,19H2,2H3,(H,34,38)/b7-5-,20-4+. The highest BCUT2D eigenvalue weighted by Crippen LogP contribution is 2.38. The lowest BCUT2D eigenvalue weighted by molar-refractivity contribution is -0.360. The summed E-state index contributed by atoms with van der Waals surface area (Å²) >= 11 is 0. The molecular weight excluding hydrogens is 585 g/mol. The molecule has 2 aliphatic heterocycles. The molecule has 2 amide bonds. The minimum absolute atomic E-state index is 0.0163. The number of piperidine rings is 1. The molecule has 1 fully saturated rings. The lowest BCUT2D eigenvalue weighted by atomic mass is 9.79. The van der Waals surface area contributed by atoms with Crippen LogP contribution in [0.3, 0.4) is 0 Å². The molecule has 1 aromatic rings. The van der Waals surface area contributed by atoms with Gasteiger partial charge in [0.1, 0.15) is 5.75 Å². The molecule has 3 rings (SSSR count). The molecule has 0 radical (unpaired) electrons. The number of halogens is 5. The van der Waals surface area contributed by atoms with Gasteiger partial charge in [-0.3, -0.25) is 14.8 Å². The second-order valence-electron chi connectivity index (χ2n) is 9.83. The molecule has 1 atom stereocenters. The van der Waals surface area contributed by atoms with Gasteiger partial charge in [-0.05, 0) is 55.5 Å². The first-order valence-electron chi connectivity index (χ1n) is 13.0. The van der Waals surface area contributed by atoms with E-state index < -0.39 is 46.2 Å². The second kappa shape index (κ2) is 13.7. The molecule has 0 bridgehead atoms. The van der Waals surface area contributed by atoms with Gasteiger partial charge in [0.2, 0.25) is 0 Å². The number of ether oxygens (including phenoxy) is 1. The highest BCUT2D eigenvalue weighted by atomic mass is 32.2. The summed E-state index contributed by atoms with van der Waals surface area (Å²) in [5, 5.41) is 9.43. The maximum absolute atomic E-state index is 13.3. The molecule has 1 unspecified atom stereocenters. The van der Waals surface area contributed by atoms with Gasteiger partial charge in [0.25, 0.3) is 11.8 Å². The van der Waals surface area contributed by atoms with Gasteiger partial charge < -0.3 is 9.64 Å². The van der Waals surface area contributed by atoms with Crippen molar-refractivity contribution in [1.82, 2.24) is 14.7 Å². The van der Waals surface area contributed by atoms with E-state index in [2.05, 4.69) is 11.3 Å². The molecule has 8 nitrogen and oxygen atoms in total. The van der Waals surface area contributed by atoms with Crippen molar-refractivity contribution in [2.45, 2.75) is 38.5 Å². The first-order chi connectivity index (χ1) is 19.8. The molecule has 2 N–H and O–H groups in total. The largest absolute Gasteiger partial charge is 0.499 e. The van der Waals surface area contributed by atoms with Crippen molar-refractivity contribution in [2.24, 2.45) is 5.41 Å². The highest BCUT2D eigenvalue weighted by Gasteiger charge is 2.61. The molecule has 0 aromatic heterocycles. The quantitative estimate of drug-likeness (QED) is 0.168. The van der Waals surface area contributed by atoms with Crippen LogP contribution in [0.4, 0.5) is 22.0 Å². The fourth-order valence-corrected chi connectivity index (χ4v) is 6.37. The van der Waals surface area contributed by atoms with Gasteiger partial charge in [-0.2, -0.15) is 22.0 Å². The van der Waals surface area contributed by atoms with Gasteiger partial charge in [-0.25, -0.2) is 14.0 Å². The van der Waals surface area contributed by atoms with Gasteiger partial charge in [-0.15, -0.1) is 0 Å². The SMILES string of the molecule is C=C/C=C\C(=C/C)C1=CCN(S(=O)CC2(C(=O)NO)CCN(C(=O)c3cccc(OC(F)(F)C(F)(F)F)c3)CC2)CC1. The Morgan fingerprint density at radius 3 is 2.43 bits per heavy atom. The van der Waals surface area contributed by atoms with E-state index in [4.69, 9.17) is 0 Å². The number of allylic oxidation sites excluding steroid dienone is 5. The van der Waals surface area contributed by atoms with E-state index in [9.17, 15) is 41.0 Å². The summed E-state index contributed by atoms with van der Waals surface area (Å²) in [5.74, 6) is -2.37. The zero-order chi connectivity index (χ0) is 31.1. The van der Waals surface area contributed by atoms with Crippen LogP contribution in [-0.2, 0) is 15.8 Å². The molecule has 42 heavy (non-hydrogen) atoms. The van der Waals surface area contributed by atoms with Crippen molar-refractivity contribution in [3.8, 4) is 5.75 Å². The van der Waals surface area contributed by atoms with Crippen LogP contribution in [-0.4, -0.2) is 74.7 Å². The first-order valence-corrected chi connectivity index (χ1v) is 14.3. The Morgan fingerprint density at radius 1 is 1.19 bits per heavy atom. The number of rotatable bonds is 10. The van der Waals surface area contributed by atoms with Crippen molar-refractivity contribution in [3.63, 3.8) is 0 Å². The lowest BCUT2D eigenvalue weighted by Gasteiger charge is -2.40. The molecule has 14 heteroatoms. The second-order valence-corrected chi connectivity index (χ2v) is 11.3. The van der Waals surface area contributed by atoms with E-state index in [1.54, 1.807) is 15.9 Å². The van der Waals surface area contributed by atoms with Crippen LogP contribution in [0.2, 0.25) is 0 Å². The molecule has 0 saturated carbocycles. The number of amides is 2. The topological polar surface area (TPSA) is 99.2 Å². The van der Waals surface area contributed by atoms with Crippen molar-refractivity contribution < 1.29 is 45.7 Å². The maximum Gasteiger partial charge on any atom is 0.499 e. The fraction of sp³-hybridized carbons (Fsp3) is 0.429. The number of hydroxylamine groups is 1. The zero-order valence-electron chi connectivity index (χ0n) is 22.8. The van der Waals surface area contributed by atoms with Gasteiger partial charge in [0, 0.05) is 31.7 Å². The molecule has 0 spiro atoms. The van der Waals surface area contributed by atoms with E-state index in [1.807, 2.05) is 31.2 Å². The predicted octanol–water partition coefficient (Wildman–Crippen LogP) is 4.93. The minimum Gasteiger partial charge on any atom is -0.426 e. The number of carbonyl (C=O) groups is 2. The van der Waals surface area contributed by atoms with E-state index in [1.165, 1.54) is 11.0 Å². The molecule has 1 aromatic carbocycles. The lowest BCUT2D eigenvalue weighted by Crippen LogP contribution is -2.53. The Labute approximate surface area is 242 Å². The van der Waals surface area contributed by atoms with E-state index >= 15 is 0 Å². The summed E-state index contributed by atoms with van der Waals surface area (Å²) < 4.78 is 83.0. The van der Waals surface area contributed by atoms with Crippen LogP contribution in [0.15, 0.2) is 72.4 Å². The Bertz CT molecular complexity index is 1290. The van der Waals surface area contributed by atoms with Gasteiger partial charge >= 0.3 is 12.3 Å². The Hall–Kier alpha value is -3.36. The number of hydrogen-bond acceptors (Lipinski definition) is 5. The number of alkyl halides is 5. The normalized spacial score (nSPS) is 19.3. The fourth-order valence-electron chi connectivity index (χ4n) is 4.76. The maximum atomic E-state index is 13.3. The van der Waals surface area contributed by atoms with Crippen molar-refractivity contribution in [1.29, 1.82) is 0 Å². The van der Waals surface area contributed by atoms with Crippen molar-refractivity contribution in [2.75, 3.05) is 31.9 Å². The van der Waals surface area contributed by atoms with E-state index in [-0.39, 0.29) is 37.2 Å². The van der Waals surface area contributed by atoms with Gasteiger partial charge in [-0.1, -0.05) is 43.0 Å². The van der Waals surface area contributed by atoms with Crippen molar-refractivity contribution in [3.05, 3.63) is 77.9 Å². The number of nitrogens with one attached hydrogen (secondary N) is 1. The summed E-state index contributed by atoms with van der Waals surface area (Å²) in [7, 11) is -1.60. The predicted molar refractivity (Wildman–Crippen MR) is 146 cm³/mol. The number of likely N-dealkylation sites (tertiary alicyclic amines) is 1. The Balaban J connectivity index is 1.67. The number of nitrogens with zero attached hydrogens (tertiary/aromatic N) is 2. The molecule has 2 aliphatic rings. The minimum atomic E-state index is -5.94. The number of hydrogen-bond donors (Lipinski definition) is 2. The summed E-state index contributed by atoms with van der Waals surface area (Å²) in [6, 6.07) is 4.00. The van der Waals surface area contributed by atoms with Crippen LogP contribution in [0, 0.1) is 5.41 Å². The van der Waals surface area contributed by atoms with Gasteiger partial charge in [0.05, 0.1) is 22.2 Å². The molecule has 1 saturated heterocycles. The van der Waals surface area contributed by atoms with Crippen LogP contribution in [0.25, 0.3) is 0 Å². The Kier molecular flexibility index (Phi) is 10.8. The first kappa shape index (κ1) is 33.1. The molecular formula is C28H32F5N3O5S. The zero-order valence-corrected chi connectivity index (χ0v) is 23.6. The molecule has 2 heterocycles. The summed E-state index contributed by atoms with van der Waals surface area (Å²) in [4.78, 5) is 27.1. The van der Waals surface area contributed by atoms with E-state index in [0.29, 0.717) is 19.5 Å². The Morgan fingerprint density at radius 2 is 1.88 bits per heavy atom. The third-order valence-electron chi connectivity index (χ3n) is 7.20. The van der Waals surface area contributed by atoms with Crippen molar-refractivity contribution >= 4 is 22.8 Å². The number of carbonyl (C=O) groups excluding carboxylic acids is 2. The summed E-state index contributed by atoms with van der Waals surface area (Å²) in [6.07, 6.45) is -1.34. The third kappa shape index (κ3) is 7.72. The number of benzene rings is 1. The molecule has 0 aliphatic carbocycles. The highest BCUT2D eigenvalue weighted by molar-refractivity contribution is 7.82. The summed E-state index contributed by atoms with van der Waals surface area (Å²) in [6.45, 7) is 6.41. The van der Waals surface area contributed by atoms with Crippen LogP contribution in [0.5, 0.6) is 5.75 Å². The third-order valence-corrected chi connectivity index (χ3v) is 8.91. The van der Waals surface area contributed by atoms with Crippen LogP contribution in [0.1, 0.15) is 36.5 Å². The van der Waals surface area contributed by atoms with Crippen LogP contribution >= 0.6 is 0 Å². The monoisotopic (exact) mass is 617 g/mol. The average molecular weight is 618 g/mol. The van der Waals surface area contributed by atoms with E-state index in [0.717, 1.165) is 29.3 Å². The average Bonchev–Trinajstić information content (AvgIpc) is 2.96. The van der Waals surface area contributed by atoms with Crippen LogP contribution < -0.4 is 10.2 Å². The summed E-state index contributed by atoms with van der Waals surface area (Å²) in [5.41, 5.74) is 2.31.